The molecule has 3 aromatic carbocycles. The van der Waals surface area contributed by atoms with E-state index in [1.165, 1.54) is 24.8 Å². The van der Waals surface area contributed by atoms with Crippen LogP contribution in [0.4, 0.5) is 0 Å². The lowest BCUT2D eigenvalue weighted by atomic mass is 9.76. The monoisotopic (exact) mass is 474 g/mol. The molecule has 4 rings (SSSR count). The highest BCUT2D eigenvalue weighted by molar-refractivity contribution is 5.99. The lowest BCUT2D eigenvalue weighted by Crippen LogP contribution is -2.12. The maximum atomic E-state index is 9.93. The van der Waals surface area contributed by atoms with E-state index in [-0.39, 0.29) is 18.1 Å². The molecule has 1 aliphatic rings. The third kappa shape index (κ3) is 6.65. The molecule has 1 fully saturated rings. The number of phenolic OH excluding ortho intramolecular Hbond substituents is 2. The second-order valence-corrected chi connectivity index (χ2v) is 8.93. The van der Waals surface area contributed by atoms with Gasteiger partial charge in [-0.3, -0.25) is 0 Å². The first-order chi connectivity index (χ1) is 17.2. The summed E-state index contributed by atoms with van der Waals surface area (Å²) in [7, 11) is 0. The Hall–Kier alpha value is -3.28. The van der Waals surface area contributed by atoms with Crippen LogP contribution in [0.25, 0.3) is 11.1 Å². The van der Waals surface area contributed by atoms with Crippen LogP contribution in [0.15, 0.2) is 72.8 Å². The van der Waals surface area contributed by atoms with E-state index in [9.17, 15) is 10.2 Å². The Balaban J connectivity index is 1.81. The molecule has 3 N–H and O–H groups in total. The normalized spacial score (nSPS) is 14.0. The molecule has 0 heterocycles. The Morgan fingerprint density at radius 1 is 0.714 bits per heavy atom. The van der Waals surface area contributed by atoms with Crippen molar-refractivity contribution >= 4 is 11.1 Å². The molecular formula is C30H34O5. The predicted molar refractivity (Wildman–Crippen MR) is 139 cm³/mol. The lowest BCUT2D eigenvalue weighted by Gasteiger charge is -2.28. The minimum Gasteiger partial charge on any atom is -0.508 e. The van der Waals surface area contributed by atoms with Crippen molar-refractivity contribution in [3.63, 3.8) is 0 Å². The zero-order chi connectivity index (χ0) is 24.5. The summed E-state index contributed by atoms with van der Waals surface area (Å²) in [5, 5.41) is 28.7. The third-order valence-corrected chi connectivity index (χ3v) is 6.47. The van der Waals surface area contributed by atoms with Crippen LogP contribution in [0.2, 0.25) is 0 Å². The number of hydrogen-bond acceptors (Lipinski definition) is 5. The number of hydrogen-bond donors (Lipinski definition) is 3. The average Bonchev–Trinajstić information content (AvgIpc) is 2.89. The van der Waals surface area contributed by atoms with Crippen LogP contribution in [-0.4, -0.2) is 41.7 Å². The zero-order valence-electron chi connectivity index (χ0n) is 20.0. The maximum Gasteiger partial charge on any atom is 0.120 e. The van der Waals surface area contributed by atoms with E-state index >= 15 is 0 Å². The Kier molecular flexibility index (Phi) is 8.82. The highest BCUT2D eigenvalue weighted by Gasteiger charge is 2.24. The molecule has 5 heteroatoms. The number of allylic oxidation sites excluding steroid dienone is 1. The highest BCUT2D eigenvalue weighted by Crippen LogP contribution is 2.43. The number of ether oxygens (including phenoxy) is 2. The van der Waals surface area contributed by atoms with Gasteiger partial charge in [0.05, 0.1) is 19.8 Å². The largest absolute Gasteiger partial charge is 0.508 e. The first-order valence-corrected chi connectivity index (χ1v) is 12.4. The third-order valence-electron chi connectivity index (χ3n) is 6.47. The summed E-state index contributed by atoms with van der Waals surface area (Å²) >= 11 is 0. The fourth-order valence-electron chi connectivity index (χ4n) is 4.85. The molecule has 1 saturated carbocycles. The number of aliphatic hydroxyl groups excluding tert-OH is 1. The van der Waals surface area contributed by atoms with Crippen LogP contribution < -0.4 is 4.74 Å². The van der Waals surface area contributed by atoms with Crippen molar-refractivity contribution in [1.82, 2.24) is 0 Å². The Morgan fingerprint density at radius 3 is 1.94 bits per heavy atom. The first-order valence-electron chi connectivity index (χ1n) is 12.4. The van der Waals surface area contributed by atoms with E-state index in [1.54, 1.807) is 24.3 Å². The van der Waals surface area contributed by atoms with E-state index < -0.39 is 0 Å². The van der Waals surface area contributed by atoms with Gasteiger partial charge in [-0.15, -0.1) is 0 Å². The zero-order valence-corrected chi connectivity index (χ0v) is 20.0. The van der Waals surface area contributed by atoms with E-state index in [1.807, 2.05) is 36.4 Å². The molecular weight excluding hydrogens is 440 g/mol. The number of phenols is 2. The summed E-state index contributed by atoms with van der Waals surface area (Å²) in [6.07, 6.45) is 5.90. The second kappa shape index (κ2) is 12.4. The molecule has 1 aliphatic carbocycles. The first kappa shape index (κ1) is 24.8. The molecule has 0 unspecified atom stereocenters. The number of aromatic hydroxyl groups is 2. The lowest BCUT2D eigenvalue weighted by molar-refractivity contribution is 0.0705. The Labute approximate surface area is 207 Å². The minimum absolute atomic E-state index is 0.00231. The summed E-state index contributed by atoms with van der Waals surface area (Å²) in [6, 6.07) is 22.9. The molecule has 35 heavy (non-hydrogen) atoms. The average molecular weight is 475 g/mol. The van der Waals surface area contributed by atoms with Gasteiger partial charge >= 0.3 is 0 Å². The van der Waals surface area contributed by atoms with Gasteiger partial charge in [0.25, 0.3) is 0 Å². The molecule has 0 atom stereocenters. The molecule has 0 radical (unpaired) electrons. The molecule has 3 aromatic rings. The molecule has 0 saturated heterocycles. The van der Waals surface area contributed by atoms with E-state index in [0.29, 0.717) is 25.7 Å². The van der Waals surface area contributed by atoms with Crippen molar-refractivity contribution in [2.75, 3.05) is 26.4 Å². The van der Waals surface area contributed by atoms with Crippen LogP contribution in [-0.2, 0) is 4.74 Å². The summed E-state index contributed by atoms with van der Waals surface area (Å²) in [6.45, 7) is 1.14. The standard InChI is InChI=1S/C30H34O5/c31-17-18-34-19-20-35-28-8-4-7-25(21-28)30(22-5-2-1-3-6-22)29(23-9-13-26(32)14-10-23)24-11-15-27(33)16-12-24/h4,7-16,21-22,31-33H,1-3,5-6,17-20H2. The quantitative estimate of drug-likeness (QED) is 0.247. The molecule has 184 valence electrons. The molecule has 0 aromatic heterocycles. The van der Waals surface area contributed by atoms with Gasteiger partial charge in [-0.1, -0.05) is 55.7 Å². The van der Waals surface area contributed by atoms with Crippen molar-refractivity contribution in [3.8, 4) is 17.2 Å². The van der Waals surface area contributed by atoms with Gasteiger partial charge in [-0.2, -0.15) is 0 Å². The fourth-order valence-corrected chi connectivity index (χ4v) is 4.85. The molecule has 0 spiro atoms. The molecule has 0 amide bonds. The Bertz CT molecular complexity index is 1050. The van der Waals surface area contributed by atoms with Crippen LogP contribution in [0.1, 0.15) is 48.8 Å². The van der Waals surface area contributed by atoms with E-state index in [0.717, 1.165) is 40.9 Å². The van der Waals surface area contributed by atoms with Gasteiger partial charge in [-0.25, -0.2) is 0 Å². The van der Waals surface area contributed by atoms with Gasteiger partial charge in [0.1, 0.15) is 23.9 Å². The topological polar surface area (TPSA) is 79.2 Å². The second-order valence-electron chi connectivity index (χ2n) is 8.93. The summed E-state index contributed by atoms with van der Waals surface area (Å²) < 4.78 is 11.3. The van der Waals surface area contributed by atoms with E-state index in [4.69, 9.17) is 14.6 Å². The number of rotatable bonds is 10. The van der Waals surface area contributed by atoms with Crippen LogP contribution in [0, 0.1) is 5.92 Å². The number of benzene rings is 3. The van der Waals surface area contributed by atoms with Gasteiger partial charge in [0, 0.05) is 0 Å². The van der Waals surface area contributed by atoms with Crippen LogP contribution >= 0.6 is 0 Å². The molecule has 0 aliphatic heterocycles. The predicted octanol–water partition coefficient (Wildman–Crippen LogP) is 6.02. The Morgan fingerprint density at radius 2 is 1.34 bits per heavy atom. The molecule has 0 bridgehead atoms. The van der Waals surface area contributed by atoms with Crippen molar-refractivity contribution in [3.05, 3.63) is 89.5 Å². The van der Waals surface area contributed by atoms with Crippen molar-refractivity contribution in [1.29, 1.82) is 0 Å². The molecule has 5 nitrogen and oxygen atoms in total. The highest BCUT2D eigenvalue weighted by atomic mass is 16.5. The SMILES string of the molecule is OCCOCCOc1cccc(C(=C(c2ccc(O)cc2)c2ccc(O)cc2)C2CCCCC2)c1. The summed E-state index contributed by atoms with van der Waals surface area (Å²) in [4.78, 5) is 0. The number of aliphatic hydroxyl groups is 1. The van der Waals surface area contributed by atoms with Crippen molar-refractivity contribution < 1.29 is 24.8 Å². The van der Waals surface area contributed by atoms with Crippen LogP contribution in [0.3, 0.4) is 0 Å². The minimum atomic E-state index is 0.00231. The van der Waals surface area contributed by atoms with Gasteiger partial charge in [0.15, 0.2) is 0 Å². The maximum absolute atomic E-state index is 9.93. The van der Waals surface area contributed by atoms with Crippen molar-refractivity contribution in [2.45, 2.75) is 32.1 Å². The summed E-state index contributed by atoms with van der Waals surface area (Å²) in [5.41, 5.74) is 5.54. The summed E-state index contributed by atoms with van der Waals surface area (Å²) in [5.74, 6) is 1.64. The van der Waals surface area contributed by atoms with Gasteiger partial charge in [0.2, 0.25) is 0 Å². The van der Waals surface area contributed by atoms with Gasteiger partial charge < -0.3 is 24.8 Å². The fraction of sp³-hybridized carbons (Fsp3) is 0.333. The van der Waals surface area contributed by atoms with Crippen LogP contribution in [0.5, 0.6) is 17.2 Å². The van der Waals surface area contributed by atoms with E-state index in [2.05, 4.69) is 12.1 Å². The van der Waals surface area contributed by atoms with Crippen molar-refractivity contribution in [2.24, 2.45) is 5.92 Å². The van der Waals surface area contributed by atoms with Gasteiger partial charge in [-0.05, 0) is 83.0 Å². The smallest absolute Gasteiger partial charge is 0.120 e.